The molecule has 8 nitrogen and oxygen atoms in total. The van der Waals surface area contributed by atoms with Crippen LogP contribution in [0.3, 0.4) is 0 Å². The van der Waals surface area contributed by atoms with E-state index in [9.17, 15) is 32.3 Å². The van der Waals surface area contributed by atoms with E-state index >= 15 is 0 Å². The maximum Gasteiger partial charge on any atom is 0.416 e. The average molecular weight is 578 g/mol. The van der Waals surface area contributed by atoms with E-state index in [-0.39, 0.29) is 12.2 Å². The highest BCUT2D eigenvalue weighted by atomic mass is 32.2. The number of amides is 3. The Morgan fingerprint density at radius 3 is 2.41 bits per heavy atom. The molecule has 2 atom stereocenters. The third kappa shape index (κ3) is 4.63. The molecule has 3 heterocycles. The molecule has 0 aliphatic carbocycles. The van der Waals surface area contributed by atoms with Crippen molar-refractivity contribution in [3.05, 3.63) is 68.6 Å². The summed E-state index contributed by atoms with van der Waals surface area (Å²) in [7, 11) is 1.52. The van der Waals surface area contributed by atoms with Crippen molar-refractivity contribution < 1.29 is 32.3 Å². The zero-order chi connectivity index (χ0) is 28.3. The number of hydrogen-bond donors (Lipinski definition) is 1. The second kappa shape index (κ2) is 9.56. The van der Waals surface area contributed by atoms with E-state index in [4.69, 9.17) is 4.74 Å². The molecule has 204 valence electrons. The van der Waals surface area contributed by atoms with Crippen molar-refractivity contribution in [3.8, 4) is 5.75 Å². The van der Waals surface area contributed by atoms with Crippen molar-refractivity contribution in [1.82, 2.24) is 4.57 Å². The molecule has 0 saturated carbocycles. The molecule has 2 aromatic carbocycles. The van der Waals surface area contributed by atoms with Crippen molar-refractivity contribution in [1.29, 1.82) is 0 Å². The summed E-state index contributed by atoms with van der Waals surface area (Å²) in [6, 6.07) is 10.7. The molecule has 0 spiro atoms. The van der Waals surface area contributed by atoms with Gasteiger partial charge in [-0.2, -0.15) is 13.2 Å². The van der Waals surface area contributed by atoms with Crippen LogP contribution >= 0.6 is 23.1 Å². The number of fused-ring (bicyclic) bond motifs is 2. The lowest BCUT2D eigenvalue weighted by molar-refractivity contribution is -0.137. The number of hydrogen-bond acceptors (Lipinski definition) is 7. The van der Waals surface area contributed by atoms with Crippen LogP contribution in [-0.4, -0.2) is 34.6 Å². The highest BCUT2D eigenvalue weighted by Gasteiger charge is 2.59. The number of nitrogens with one attached hydrogen (secondary N) is 1. The third-order valence-corrected chi connectivity index (χ3v) is 9.63. The number of anilines is 2. The van der Waals surface area contributed by atoms with Crippen molar-refractivity contribution in [2.24, 2.45) is 5.92 Å². The molecule has 13 heteroatoms. The standard InChI is InChI=1S/C26H22F3N3O5S2/c1-25(2)18-19(22(35)32(21(18)34)15-6-4-5-13(11-15)26(27,28)29)38-23-20(25)39-24(36)31(23)12-17(33)30-14-7-9-16(37-3)10-8-14/h4-11,18-19H,12H2,1-3H3,(H,30,33). The molecule has 1 N–H and O–H groups in total. The van der Waals surface area contributed by atoms with E-state index in [1.54, 1.807) is 38.1 Å². The average Bonchev–Trinajstić information content (AvgIpc) is 3.33. The first-order chi connectivity index (χ1) is 18.3. The first kappa shape index (κ1) is 27.0. The molecule has 0 radical (unpaired) electrons. The van der Waals surface area contributed by atoms with Crippen LogP contribution in [0.15, 0.2) is 58.4 Å². The van der Waals surface area contributed by atoms with E-state index in [2.05, 4.69) is 5.32 Å². The van der Waals surface area contributed by atoms with Gasteiger partial charge in [-0.3, -0.25) is 23.7 Å². The fourth-order valence-electron chi connectivity index (χ4n) is 4.86. The van der Waals surface area contributed by atoms with Gasteiger partial charge in [0.1, 0.15) is 17.5 Å². The summed E-state index contributed by atoms with van der Waals surface area (Å²) in [5, 5.41) is 2.14. The Morgan fingerprint density at radius 1 is 1.08 bits per heavy atom. The molecule has 2 aliphatic heterocycles. The van der Waals surface area contributed by atoms with E-state index in [0.717, 1.165) is 46.2 Å². The minimum atomic E-state index is -4.64. The SMILES string of the molecule is COc1ccc(NC(=O)Cn2c3c(sc2=O)C(C)(C)C2C(=O)N(c4cccc(C(F)(F)F)c4)C(=O)C2S3)cc1. The van der Waals surface area contributed by atoms with Crippen LogP contribution in [-0.2, 0) is 32.5 Å². The predicted molar refractivity (Wildman–Crippen MR) is 140 cm³/mol. The smallest absolute Gasteiger partial charge is 0.416 e. The molecule has 1 aromatic heterocycles. The zero-order valence-corrected chi connectivity index (χ0v) is 22.5. The summed E-state index contributed by atoms with van der Waals surface area (Å²) in [4.78, 5) is 53.7. The van der Waals surface area contributed by atoms with Gasteiger partial charge in [0.25, 0.3) is 0 Å². The minimum absolute atomic E-state index is 0.162. The summed E-state index contributed by atoms with van der Waals surface area (Å²) in [6.07, 6.45) is -4.64. The van der Waals surface area contributed by atoms with Crippen molar-refractivity contribution in [3.63, 3.8) is 0 Å². The van der Waals surface area contributed by atoms with Gasteiger partial charge in [-0.15, -0.1) is 0 Å². The number of halogens is 3. The van der Waals surface area contributed by atoms with Crippen LogP contribution in [0.1, 0.15) is 24.3 Å². The topological polar surface area (TPSA) is 97.7 Å². The molecule has 2 aliphatic rings. The lowest BCUT2D eigenvalue weighted by Gasteiger charge is -2.36. The number of alkyl halides is 3. The van der Waals surface area contributed by atoms with Gasteiger partial charge in [-0.25, -0.2) is 4.90 Å². The summed E-state index contributed by atoms with van der Waals surface area (Å²) in [5.41, 5.74) is -1.63. The molecule has 1 fully saturated rings. The van der Waals surface area contributed by atoms with Crippen LogP contribution in [0.5, 0.6) is 5.75 Å². The van der Waals surface area contributed by atoms with Crippen LogP contribution in [0, 0.1) is 5.92 Å². The number of carbonyl (C=O) groups excluding carboxylic acids is 3. The molecular weight excluding hydrogens is 555 g/mol. The number of aromatic nitrogens is 1. The van der Waals surface area contributed by atoms with Gasteiger partial charge in [0.05, 0.1) is 29.3 Å². The predicted octanol–water partition coefficient (Wildman–Crippen LogP) is 4.52. The molecule has 3 aromatic rings. The van der Waals surface area contributed by atoms with Gasteiger partial charge in [-0.05, 0) is 42.5 Å². The number of thioether (sulfide) groups is 1. The molecule has 1 saturated heterocycles. The van der Waals surface area contributed by atoms with E-state index in [1.165, 1.54) is 17.7 Å². The van der Waals surface area contributed by atoms with Crippen LogP contribution in [0.4, 0.5) is 24.5 Å². The number of rotatable bonds is 5. The van der Waals surface area contributed by atoms with Crippen molar-refractivity contribution in [2.45, 2.75) is 42.3 Å². The Morgan fingerprint density at radius 2 is 1.77 bits per heavy atom. The third-order valence-electron chi connectivity index (χ3n) is 6.81. The fourth-order valence-corrected chi connectivity index (χ4v) is 7.90. The van der Waals surface area contributed by atoms with Gasteiger partial charge in [0.15, 0.2) is 0 Å². The zero-order valence-electron chi connectivity index (χ0n) is 20.9. The largest absolute Gasteiger partial charge is 0.497 e. The minimum Gasteiger partial charge on any atom is -0.497 e. The molecule has 5 rings (SSSR count). The maximum atomic E-state index is 13.5. The van der Waals surface area contributed by atoms with Crippen molar-refractivity contribution in [2.75, 3.05) is 17.3 Å². The molecule has 39 heavy (non-hydrogen) atoms. The van der Waals surface area contributed by atoms with Crippen LogP contribution in [0.2, 0.25) is 0 Å². The number of imide groups is 1. The number of thiazole rings is 1. The number of ether oxygens (including phenoxy) is 1. The lowest BCUT2D eigenvalue weighted by Crippen LogP contribution is -2.42. The van der Waals surface area contributed by atoms with Gasteiger partial charge in [-0.1, -0.05) is 43.0 Å². The van der Waals surface area contributed by atoms with E-state index < -0.39 is 50.9 Å². The Labute approximate surface area is 228 Å². The summed E-state index contributed by atoms with van der Waals surface area (Å²) < 4.78 is 46.3. The molecule has 0 bridgehead atoms. The second-order valence-electron chi connectivity index (χ2n) is 9.66. The first-order valence-electron chi connectivity index (χ1n) is 11.7. The fraction of sp³-hybridized carbons (Fsp3) is 0.308. The quantitative estimate of drug-likeness (QED) is 0.448. The number of carbonyl (C=O) groups is 3. The highest BCUT2D eigenvalue weighted by molar-refractivity contribution is 8.00. The Bertz CT molecular complexity index is 1550. The second-order valence-corrected chi connectivity index (χ2v) is 11.8. The van der Waals surface area contributed by atoms with Crippen LogP contribution in [0.25, 0.3) is 0 Å². The van der Waals surface area contributed by atoms with Crippen LogP contribution < -0.4 is 19.8 Å². The monoisotopic (exact) mass is 577 g/mol. The summed E-state index contributed by atoms with van der Waals surface area (Å²) in [6.45, 7) is 3.13. The number of benzene rings is 2. The summed E-state index contributed by atoms with van der Waals surface area (Å²) in [5.74, 6) is -2.06. The molecule has 2 unspecified atom stereocenters. The Balaban J connectivity index is 1.45. The number of nitrogens with zero attached hydrogens (tertiary/aromatic N) is 2. The van der Waals surface area contributed by atoms with Gasteiger partial charge in [0.2, 0.25) is 17.7 Å². The van der Waals surface area contributed by atoms with Gasteiger partial charge < -0.3 is 10.1 Å². The highest BCUT2D eigenvalue weighted by Crippen LogP contribution is 2.54. The van der Waals surface area contributed by atoms with Gasteiger partial charge >= 0.3 is 11.0 Å². The normalized spacial score (nSPS) is 20.0. The van der Waals surface area contributed by atoms with Gasteiger partial charge in [0, 0.05) is 16.0 Å². The van der Waals surface area contributed by atoms with E-state index in [0.29, 0.717) is 21.3 Å². The Hall–Kier alpha value is -3.58. The van der Waals surface area contributed by atoms with Crippen molar-refractivity contribution >= 4 is 52.2 Å². The number of methoxy groups -OCH3 is 1. The first-order valence-corrected chi connectivity index (χ1v) is 13.4. The lowest BCUT2D eigenvalue weighted by atomic mass is 9.76. The Kier molecular flexibility index (Phi) is 6.62. The summed E-state index contributed by atoms with van der Waals surface area (Å²) >= 11 is 1.88. The maximum absolute atomic E-state index is 13.5. The van der Waals surface area contributed by atoms with E-state index in [1.807, 2.05) is 0 Å². The molecular formula is C26H22F3N3O5S2. The molecule has 3 amide bonds.